The van der Waals surface area contributed by atoms with Crippen LogP contribution in [0.3, 0.4) is 0 Å². The highest BCUT2D eigenvalue weighted by molar-refractivity contribution is 5.72. The third kappa shape index (κ3) is 3.95. The zero-order valence-corrected chi connectivity index (χ0v) is 16.5. The Bertz CT molecular complexity index is 932. The van der Waals surface area contributed by atoms with Crippen LogP contribution >= 0.6 is 0 Å². The maximum absolute atomic E-state index is 6.05. The fourth-order valence-electron chi connectivity index (χ4n) is 3.80. The number of hydrogen-bond acceptors (Lipinski definition) is 6. The first kappa shape index (κ1) is 18.7. The van der Waals surface area contributed by atoms with Crippen LogP contribution in [0.4, 0.5) is 5.82 Å². The summed E-state index contributed by atoms with van der Waals surface area (Å²) in [6.45, 7) is 5.09. The molecule has 1 fully saturated rings. The number of ether oxygens (including phenoxy) is 1. The third-order valence-corrected chi connectivity index (χ3v) is 5.51. The topological polar surface area (TPSA) is 80.7 Å². The van der Waals surface area contributed by atoms with Crippen LogP contribution in [-0.2, 0) is 6.54 Å². The summed E-state index contributed by atoms with van der Waals surface area (Å²) in [6, 6.07) is 10.7. The Balaban J connectivity index is 1.57. The van der Waals surface area contributed by atoms with Gasteiger partial charge in [0.2, 0.25) is 0 Å². The molecule has 2 aromatic heterocycles. The van der Waals surface area contributed by atoms with Gasteiger partial charge in [-0.15, -0.1) is 0 Å². The van der Waals surface area contributed by atoms with Gasteiger partial charge in [0.05, 0.1) is 13.2 Å². The van der Waals surface area contributed by atoms with Crippen LogP contribution in [0.15, 0.2) is 42.9 Å². The first-order valence-corrected chi connectivity index (χ1v) is 9.83. The predicted octanol–water partition coefficient (Wildman–Crippen LogP) is 2.83. The zero-order chi connectivity index (χ0) is 19.5. The number of nitrogens with two attached hydrogens (primary N) is 1. The molecule has 3 heterocycles. The molecule has 3 N–H and O–H groups in total. The normalized spacial score (nSPS) is 17.0. The van der Waals surface area contributed by atoms with Crippen LogP contribution in [0.1, 0.15) is 36.9 Å². The van der Waals surface area contributed by atoms with E-state index >= 15 is 0 Å². The molecule has 7 heteroatoms. The summed E-state index contributed by atoms with van der Waals surface area (Å²) in [6.07, 6.45) is 5.71. The molecule has 3 aromatic rings. The molecule has 0 aliphatic carbocycles. The minimum absolute atomic E-state index is 0.0875. The molecule has 0 bridgehead atoms. The van der Waals surface area contributed by atoms with E-state index in [9.17, 15) is 0 Å². The van der Waals surface area contributed by atoms with Gasteiger partial charge in [0, 0.05) is 18.8 Å². The predicted molar refractivity (Wildman–Crippen MR) is 111 cm³/mol. The Kier molecular flexibility index (Phi) is 5.45. The molecule has 0 spiro atoms. The molecular formula is C21H28N6O. The lowest BCUT2D eigenvalue weighted by molar-refractivity contribution is 0.206. The van der Waals surface area contributed by atoms with Gasteiger partial charge in [-0.3, -0.25) is 4.90 Å². The average Bonchev–Trinajstić information content (AvgIpc) is 3.13. The lowest BCUT2D eigenvalue weighted by Crippen LogP contribution is -2.39. The molecule has 148 valence electrons. The maximum atomic E-state index is 6.05. The monoisotopic (exact) mass is 380 g/mol. The molecule has 1 aliphatic rings. The van der Waals surface area contributed by atoms with E-state index < -0.39 is 0 Å². The fourth-order valence-corrected chi connectivity index (χ4v) is 3.80. The number of anilines is 1. The summed E-state index contributed by atoms with van der Waals surface area (Å²) >= 11 is 0. The smallest absolute Gasteiger partial charge is 0.154 e. The Morgan fingerprint density at radius 3 is 2.89 bits per heavy atom. The van der Waals surface area contributed by atoms with Crippen LogP contribution in [-0.4, -0.2) is 45.7 Å². The first-order chi connectivity index (χ1) is 13.6. The van der Waals surface area contributed by atoms with E-state index in [0.29, 0.717) is 6.04 Å². The van der Waals surface area contributed by atoms with Crippen molar-refractivity contribution < 1.29 is 4.74 Å². The van der Waals surface area contributed by atoms with Crippen LogP contribution in [0, 0.1) is 0 Å². The SMILES string of the molecule is COc1cccc([C@@H](C)Nc2ncnn3ccc(CN4CCC(N)CC4)c23)c1. The first-order valence-electron chi connectivity index (χ1n) is 9.83. The van der Waals surface area contributed by atoms with Gasteiger partial charge in [0.1, 0.15) is 17.6 Å². The van der Waals surface area contributed by atoms with Gasteiger partial charge in [-0.25, -0.2) is 9.50 Å². The second-order valence-corrected chi connectivity index (χ2v) is 7.50. The van der Waals surface area contributed by atoms with Gasteiger partial charge in [-0.2, -0.15) is 5.10 Å². The average molecular weight is 380 g/mol. The summed E-state index contributed by atoms with van der Waals surface area (Å²) in [5, 5.41) is 7.94. The standard InChI is InChI=1S/C21H28N6O/c1-15(16-4-3-5-19(12-16)28-2)25-21-20-17(6-11-27(20)24-14-23-21)13-26-9-7-18(22)8-10-26/h3-6,11-12,14-15,18H,7-10,13,22H2,1-2H3,(H,23,24,25)/t15-/m1/s1. The maximum Gasteiger partial charge on any atom is 0.154 e. The zero-order valence-electron chi connectivity index (χ0n) is 16.5. The highest BCUT2D eigenvalue weighted by Crippen LogP contribution is 2.27. The van der Waals surface area contributed by atoms with Gasteiger partial charge in [0.25, 0.3) is 0 Å². The van der Waals surface area contributed by atoms with Gasteiger partial charge >= 0.3 is 0 Å². The number of aromatic nitrogens is 3. The van der Waals surface area contributed by atoms with Crippen molar-refractivity contribution in [2.75, 3.05) is 25.5 Å². The number of nitrogens with one attached hydrogen (secondary N) is 1. The largest absolute Gasteiger partial charge is 0.497 e. The molecule has 28 heavy (non-hydrogen) atoms. The van der Waals surface area contributed by atoms with E-state index in [1.807, 2.05) is 28.9 Å². The summed E-state index contributed by atoms with van der Waals surface area (Å²) in [5.41, 5.74) is 9.46. The lowest BCUT2D eigenvalue weighted by Gasteiger charge is -2.29. The van der Waals surface area contributed by atoms with Crippen molar-refractivity contribution in [1.29, 1.82) is 0 Å². The van der Waals surface area contributed by atoms with Crippen LogP contribution < -0.4 is 15.8 Å². The van der Waals surface area contributed by atoms with Crippen molar-refractivity contribution >= 4 is 11.3 Å². The summed E-state index contributed by atoms with van der Waals surface area (Å²) in [5.74, 6) is 1.70. The Morgan fingerprint density at radius 2 is 2.11 bits per heavy atom. The molecule has 1 saturated heterocycles. The van der Waals surface area contributed by atoms with Crippen molar-refractivity contribution in [3.63, 3.8) is 0 Å². The second kappa shape index (κ2) is 8.16. The van der Waals surface area contributed by atoms with Gasteiger partial charge in [-0.05, 0) is 62.2 Å². The van der Waals surface area contributed by atoms with Crippen LogP contribution in [0.5, 0.6) is 5.75 Å². The number of nitrogens with zero attached hydrogens (tertiary/aromatic N) is 4. The van der Waals surface area contributed by atoms with Crippen molar-refractivity contribution in [3.05, 3.63) is 54.0 Å². The fraction of sp³-hybridized carbons (Fsp3) is 0.429. The van der Waals surface area contributed by atoms with Crippen molar-refractivity contribution in [1.82, 2.24) is 19.5 Å². The molecule has 0 saturated carbocycles. The molecule has 1 aliphatic heterocycles. The second-order valence-electron chi connectivity index (χ2n) is 7.50. The number of hydrogen-bond donors (Lipinski definition) is 2. The number of benzene rings is 1. The summed E-state index contributed by atoms with van der Waals surface area (Å²) < 4.78 is 7.25. The van der Waals surface area contributed by atoms with Crippen molar-refractivity contribution in [2.24, 2.45) is 5.73 Å². The third-order valence-electron chi connectivity index (χ3n) is 5.51. The van der Waals surface area contributed by atoms with E-state index in [0.717, 1.165) is 55.1 Å². The van der Waals surface area contributed by atoms with E-state index in [1.165, 1.54) is 5.56 Å². The molecule has 1 aromatic carbocycles. The number of methoxy groups -OCH3 is 1. The molecule has 4 rings (SSSR count). The van der Waals surface area contributed by atoms with Crippen LogP contribution in [0.2, 0.25) is 0 Å². The number of rotatable bonds is 6. The molecule has 1 atom stereocenters. The van der Waals surface area contributed by atoms with Crippen molar-refractivity contribution in [2.45, 2.75) is 38.4 Å². The summed E-state index contributed by atoms with van der Waals surface area (Å²) in [4.78, 5) is 7.00. The van der Waals surface area contributed by atoms with E-state index in [1.54, 1.807) is 13.4 Å². The van der Waals surface area contributed by atoms with E-state index in [2.05, 4.69) is 39.4 Å². The minimum atomic E-state index is 0.0875. The Labute approximate surface area is 165 Å². The van der Waals surface area contributed by atoms with E-state index in [-0.39, 0.29) is 6.04 Å². The number of fused-ring (bicyclic) bond motifs is 1. The Morgan fingerprint density at radius 1 is 1.29 bits per heavy atom. The molecule has 7 nitrogen and oxygen atoms in total. The molecule has 0 unspecified atom stereocenters. The van der Waals surface area contributed by atoms with Gasteiger partial charge in [-0.1, -0.05) is 12.1 Å². The summed E-state index contributed by atoms with van der Waals surface area (Å²) in [7, 11) is 1.69. The van der Waals surface area contributed by atoms with E-state index in [4.69, 9.17) is 10.5 Å². The van der Waals surface area contributed by atoms with Crippen LogP contribution in [0.25, 0.3) is 5.52 Å². The number of likely N-dealkylation sites (tertiary alicyclic amines) is 1. The van der Waals surface area contributed by atoms with Gasteiger partial charge in [0.15, 0.2) is 5.82 Å². The number of piperidine rings is 1. The highest BCUT2D eigenvalue weighted by Gasteiger charge is 2.19. The van der Waals surface area contributed by atoms with Gasteiger partial charge < -0.3 is 15.8 Å². The molecular weight excluding hydrogens is 352 g/mol. The minimum Gasteiger partial charge on any atom is -0.497 e. The highest BCUT2D eigenvalue weighted by atomic mass is 16.5. The quantitative estimate of drug-likeness (QED) is 0.684. The molecule has 0 radical (unpaired) electrons. The Hall–Kier alpha value is -2.64. The lowest BCUT2D eigenvalue weighted by atomic mass is 10.1. The molecule has 0 amide bonds. The van der Waals surface area contributed by atoms with Crippen molar-refractivity contribution in [3.8, 4) is 5.75 Å².